The number of amides is 1. The molecule has 0 spiro atoms. The van der Waals surface area contributed by atoms with Gasteiger partial charge < -0.3 is 10.2 Å². The number of halogens is 1. The average molecular weight is 319 g/mol. The topological polar surface area (TPSA) is 32.3 Å². The van der Waals surface area contributed by atoms with Gasteiger partial charge in [-0.05, 0) is 52.3 Å². The van der Waals surface area contributed by atoms with Crippen LogP contribution in [0.25, 0.3) is 0 Å². The smallest absolute Gasteiger partial charge is 0.256 e. The summed E-state index contributed by atoms with van der Waals surface area (Å²) in [7, 11) is 3.96. The highest BCUT2D eigenvalue weighted by molar-refractivity contribution is 9.10. The summed E-state index contributed by atoms with van der Waals surface area (Å²) in [6.07, 6.45) is 0. The molecule has 0 atom stereocenters. The minimum absolute atomic E-state index is 0.120. The molecular weight excluding hydrogens is 304 g/mol. The van der Waals surface area contributed by atoms with E-state index in [9.17, 15) is 4.79 Å². The van der Waals surface area contributed by atoms with Gasteiger partial charge in [-0.2, -0.15) is 0 Å². The number of hydrogen-bond acceptors (Lipinski definition) is 2. The van der Waals surface area contributed by atoms with E-state index in [4.69, 9.17) is 0 Å². The molecule has 2 aromatic carbocycles. The number of nitrogens with one attached hydrogen (secondary N) is 1. The van der Waals surface area contributed by atoms with Gasteiger partial charge >= 0.3 is 0 Å². The summed E-state index contributed by atoms with van der Waals surface area (Å²) in [5.74, 6) is -0.120. The molecule has 2 aromatic rings. The highest BCUT2D eigenvalue weighted by Gasteiger charge is 2.09. The zero-order valence-electron chi connectivity index (χ0n) is 10.9. The van der Waals surface area contributed by atoms with Gasteiger partial charge in [0, 0.05) is 29.9 Å². The van der Waals surface area contributed by atoms with E-state index in [0.29, 0.717) is 5.56 Å². The molecule has 0 aliphatic heterocycles. The van der Waals surface area contributed by atoms with Crippen LogP contribution in [0.4, 0.5) is 11.4 Å². The Labute approximate surface area is 121 Å². The number of carbonyl (C=O) groups excluding carboxylic acids is 1. The van der Waals surface area contributed by atoms with Crippen LogP contribution in [0.3, 0.4) is 0 Å². The first-order valence-electron chi connectivity index (χ1n) is 5.91. The van der Waals surface area contributed by atoms with E-state index in [2.05, 4.69) is 21.2 Å². The van der Waals surface area contributed by atoms with E-state index in [-0.39, 0.29) is 5.91 Å². The Hall–Kier alpha value is -1.81. The summed E-state index contributed by atoms with van der Waals surface area (Å²) in [6, 6.07) is 15.1. The van der Waals surface area contributed by atoms with Gasteiger partial charge in [0.2, 0.25) is 0 Å². The molecule has 2 rings (SSSR count). The van der Waals surface area contributed by atoms with Crippen molar-refractivity contribution in [3.8, 4) is 0 Å². The van der Waals surface area contributed by atoms with Crippen molar-refractivity contribution in [2.24, 2.45) is 0 Å². The van der Waals surface area contributed by atoms with Gasteiger partial charge in [0.25, 0.3) is 5.91 Å². The fraction of sp³-hybridized carbons (Fsp3) is 0.133. The van der Waals surface area contributed by atoms with Crippen molar-refractivity contribution in [1.29, 1.82) is 0 Å². The van der Waals surface area contributed by atoms with Gasteiger partial charge in [-0.1, -0.05) is 12.1 Å². The second-order valence-corrected chi connectivity index (χ2v) is 5.23. The lowest BCUT2D eigenvalue weighted by Crippen LogP contribution is -2.13. The van der Waals surface area contributed by atoms with Crippen molar-refractivity contribution in [3.05, 3.63) is 58.6 Å². The van der Waals surface area contributed by atoms with Gasteiger partial charge in [-0.3, -0.25) is 4.79 Å². The van der Waals surface area contributed by atoms with E-state index in [1.165, 1.54) is 0 Å². The molecule has 3 nitrogen and oxygen atoms in total. The molecule has 0 aromatic heterocycles. The minimum atomic E-state index is -0.120. The molecule has 0 aliphatic rings. The molecule has 0 saturated heterocycles. The monoisotopic (exact) mass is 318 g/mol. The van der Waals surface area contributed by atoms with Crippen molar-refractivity contribution in [2.75, 3.05) is 24.3 Å². The van der Waals surface area contributed by atoms with E-state index in [1.807, 2.05) is 61.5 Å². The number of anilines is 2. The normalized spacial score (nSPS) is 10.1. The molecule has 0 unspecified atom stereocenters. The van der Waals surface area contributed by atoms with Crippen LogP contribution in [0.15, 0.2) is 53.0 Å². The first-order valence-corrected chi connectivity index (χ1v) is 6.70. The molecule has 98 valence electrons. The lowest BCUT2D eigenvalue weighted by atomic mass is 10.2. The van der Waals surface area contributed by atoms with Crippen molar-refractivity contribution < 1.29 is 4.79 Å². The quantitative estimate of drug-likeness (QED) is 0.934. The van der Waals surface area contributed by atoms with Gasteiger partial charge in [0.1, 0.15) is 0 Å². The van der Waals surface area contributed by atoms with Crippen LogP contribution in [0.2, 0.25) is 0 Å². The number of hydrogen-bond donors (Lipinski definition) is 1. The molecule has 0 aliphatic carbocycles. The summed E-state index contributed by atoms with van der Waals surface area (Å²) in [5, 5.41) is 2.88. The van der Waals surface area contributed by atoms with Crippen molar-refractivity contribution >= 4 is 33.2 Å². The first-order chi connectivity index (χ1) is 9.08. The Morgan fingerprint density at radius 3 is 2.26 bits per heavy atom. The molecule has 0 fully saturated rings. The lowest BCUT2D eigenvalue weighted by molar-refractivity contribution is 0.102. The zero-order valence-corrected chi connectivity index (χ0v) is 12.4. The second-order valence-electron chi connectivity index (χ2n) is 4.38. The second kappa shape index (κ2) is 5.89. The molecular formula is C15H15BrN2O. The Balaban J connectivity index is 2.13. The molecule has 0 heterocycles. The summed E-state index contributed by atoms with van der Waals surface area (Å²) < 4.78 is 0.789. The van der Waals surface area contributed by atoms with Crippen LogP contribution in [-0.4, -0.2) is 20.0 Å². The van der Waals surface area contributed by atoms with Crippen LogP contribution >= 0.6 is 15.9 Å². The molecule has 0 saturated carbocycles. The Bertz CT molecular complexity index is 579. The number of benzene rings is 2. The van der Waals surface area contributed by atoms with Crippen LogP contribution in [-0.2, 0) is 0 Å². The summed E-state index contributed by atoms with van der Waals surface area (Å²) in [4.78, 5) is 14.1. The van der Waals surface area contributed by atoms with Gasteiger partial charge in [-0.15, -0.1) is 0 Å². The van der Waals surface area contributed by atoms with Gasteiger partial charge in [0.05, 0.1) is 5.56 Å². The molecule has 19 heavy (non-hydrogen) atoms. The van der Waals surface area contributed by atoms with Crippen molar-refractivity contribution in [3.63, 3.8) is 0 Å². The third-order valence-electron chi connectivity index (χ3n) is 2.76. The van der Waals surface area contributed by atoms with Crippen LogP contribution in [0, 0.1) is 0 Å². The molecule has 1 N–H and O–H groups in total. The lowest BCUT2D eigenvalue weighted by Gasteiger charge is -2.13. The van der Waals surface area contributed by atoms with Gasteiger partial charge in [0.15, 0.2) is 0 Å². The summed E-state index contributed by atoms with van der Waals surface area (Å²) >= 11 is 3.37. The predicted molar refractivity (Wildman–Crippen MR) is 82.9 cm³/mol. The Morgan fingerprint density at radius 1 is 1.05 bits per heavy atom. The van der Waals surface area contributed by atoms with Crippen molar-refractivity contribution in [2.45, 2.75) is 0 Å². The predicted octanol–water partition coefficient (Wildman–Crippen LogP) is 3.77. The van der Waals surface area contributed by atoms with Gasteiger partial charge in [-0.25, -0.2) is 0 Å². The first kappa shape index (κ1) is 13.6. The third-order valence-corrected chi connectivity index (χ3v) is 3.45. The fourth-order valence-electron chi connectivity index (χ4n) is 1.69. The summed E-state index contributed by atoms with van der Waals surface area (Å²) in [6.45, 7) is 0. The molecule has 1 amide bonds. The summed E-state index contributed by atoms with van der Waals surface area (Å²) in [5.41, 5.74) is 2.50. The van der Waals surface area contributed by atoms with Crippen LogP contribution < -0.4 is 10.2 Å². The number of carbonyl (C=O) groups is 1. The largest absolute Gasteiger partial charge is 0.378 e. The van der Waals surface area contributed by atoms with Crippen molar-refractivity contribution in [1.82, 2.24) is 0 Å². The maximum atomic E-state index is 12.1. The molecule has 0 bridgehead atoms. The van der Waals surface area contributed by atoms with Crippen LogP contribution in [0.5, 0.6) is 0 Å². The average Bonchev–Trinajstić information content (AvgIpc) is 2.39. The zero-order chi connectivity index (χ0) is 13.8. The highest BCUT2D eigenvalue weighted by atomic mass is 79.9. The van der Waals surface area contributed by atoms with Crippen LogP contribution in [0.1, 0.15) is 10.4 Å². The van der Waals surface area contributed by atoms with E-state index in [0.717, 1.165) is 15.8 Å². The fourth-order valence-corrected chi connectivity index (χ4v) is 2.15. The SMILES string of the molecule is CN(C)c1ccc(NC(=O)c2ccccc2Br)cc1. The maximum absolute atomic E-state index is 12.1. The minimum Gasteiger partial charge on any atom is -0.378 e. The number of rotatable bonds is 3. The number of nitrogens with zero attached hydrogens (tertiary/aromatic N) is 1. The molecule has 4 heteroatoms. The standard InChI is InChI=1S/C15H15BrN2O/c1-18(2)12-9-7-11(8-10-12)17-15(19)13-5-3-4-6-14(13)16/h3-10H,1-2H3,(H,17,19). The highest BCUT2D eigenvalue weighted by Crippen LogP contribution is 2.19. The maximum Gasteiger partial charge on any atom is 0.256 e. The Kier molecular flexibility index (Phi) is 4.22. The van der Waals surface area contributed by atoms with E-state index in [1.54, 1.807) is 6.07 Å². The Morgan fingerprint density at radius 2 is 1.68 bits per heavy atom. The molecule has 0 radical (unpaired) electrons. The third kappa shape index (κ3) is 3.35. The van der Waals surface area contributed by atoms with E-state index >= 15 is 0 Å². The van der Waals surface area contributed by atoms with E-state index < -0.39 is 0 Å².